The smallest absolute Gasteiger partial charge is 0.228 e. The zero-order valence-electron chi connectivity index (χ0n) is 24.1. The molecule has 3 heterocycles. The predicted octanol–water partition coefficient (Wildman–Crippen LogP) is 6.84. The van der Waals surface area contributed by atoms with E-state index in [1.165, 1.54) is 0 Å². The van der Waals surface area contributed by atoms with Crippen LogP contribution in [0.2, 0.25) is 0 Å². The molecule has 1 saturated carbocycles. The number of hydrogen-bond donors (Lipinski definition) is 1. The first kappa shape index (κ1) is 27.7. The molecule has 1 aliphatic heterocycles. The predicted molar refractivity (Wildman–Crippen MR) is 168 cm³/mol. The number of pyridine rings is 1. The lowest BCUT2D eigenvalue weighted by molar-refractivity contribution is -0.124. The second-order valence-corrected chi connectivity index (χ2v) is 11.5. The van der Waals surface area contributed by atoms with Gasteiger partial charge < -0.3 is 5.32 Å². The fourth-order valence-electron chi connectivity index (χ4n) is 6.29. The third kappa shape index (κ3) is 6.71. The number of amides is 1. The summed E-state index contributed by atoms with van der Waals surface area (Å²) < 4.78 is 0. The Bertz CT molecular complexity index is 1540. The molecule has 0 spiro atoms. The van der Waals surface area contributed by atoms with Crippen LogP contribution >= 0.6 is 0 Å². The zero-order valence-corrected chi connectivity index (χ0v) is 24.1. The van der Waals surface area contributed by atoms with Crippen molar-refractivity contribution in [3.8, 4) is 11.3 Å². The van der Waals surface area contributed by atoms with Crippen LogP contribution in [0.1, 0.15) is 61.0 Å². The second kappa shape index (κ2) is 13.0. The molecule has 6 heteroatoms. The van der Waals surface area contributed by atoms with Gasteiger partial charge in [-0.2, -0.15) is 0 Å². The lowest BCUT2D eigenvalue weighted by Crippen LogP contribution is -2.35. The molecule has 0 bridgehead atoms. The van der Waals surface area contributed by atoms with Gasteiger partial charge in [0.05, 0.1) is 17.7 Å². The Balaban J connectivity index is 1.15. The van der Waals surface area contributed by atoms with E-state index >= 15 is 0 Å². The van der Waals surface area contributed by atoms with Gasteiger partial charge in [-0.15, -0.1) is 0 Å². The Kier molecular flexibility index (Phi) is 8.59. The third-order valence-electron chi connectivity index (χ3n) is 8.56. The molecule has 6 nitrogen and oxygen atoms in total. The molecule has 1 N–H and O–H groups in total. The minimum absolute atomic E-state index is 0.109. The number of aliphatic imine (C=N–C) groups is 1. The van der Waals surface area contributed by atoms with Crippen molar-refractivity contribution in [2.24, 2.45) is 16.8 Å². The van der Waals surface area contributed by atoms with Crippen molar-refractivity contribution < 1.29 is 4.79 Å². The molecule has 212 valence electrons. The molecular formula is C36H37N5O. The highest BCUT2D eigenvalue weighted by molar-refractivity contribution is 6.11. The molecule has 2 aromatic carbocycles. The summed E-state index contributed by atoms with van der Waals surface area (Å²) in [5.41, 5.74) is 6.41. The molecule has 0 saturated heterocycles. The van der Waals surface area contributed by atoms with Crippen molar-refractivity contribution in [2.75, 3.05) is 0 Å². The van der Waals surface area contributed by atoms with Crippen molar-refractivity contribution in [2.45, 2.75) is 57.5 Å². The van der Waals surface area contributed by atoms with E-state index in [4.69, 9.17) is 4.98 Å². The Morgan fingerprint density at radius 1 is 0.905 bits per heavy atom. The molecule has 2 unspecified atom stereocenters. The molecular weight excluding hydrogens is 518 g/mol. The van der Waals surface area contributed by atoms with E-state index in [0.29, 0.717) is 12.5 Å². The number of nitrogens with zero attached hydrogens (tertiary/aromatic N) is 4. The van der Waals surface area contributed by atoms with E-state index in [9.17, 15) is 4.79 Å². The maximum atomic E-state index is 13.8. The highest BCUT2D eigenvalue weighted by Gasteiger charge is 2.33. The number of carbonyl (C=O) groups is 1. The van der Waals surface area contributed by atoms with Crippen LogP contribution in [0.3, 0.4) is 0 Å². The first-order valence-corrected chi connectivity index (χ1v) is 15.0. The van der Waals surface area contributed by atoms with Gasteiger partial charge in [0.15, 0.2) is 0 Å². The molecule has 4 aromatic rings. The SMILES string of the molecule is CC1C=C(c2ccc(C(C(=O)NCc3ccccc3)[C@H]3CC[C@H](Cc4nccc(-c5cccnc5)n4)CC3)cc2)C=N1. The summed E-state index contributed by atoms with van der Waals surface area (Å²) in [6.07, 6.45) is 14.6. The average Bonchev–Trinajstić information content (AvgIpc) is 3.48. The summed E-state index contributed by atoms with van der Waals surface area (Å²) >= 11 is 0. The maximum absolute atomic E-state index is 13.8. The Hall–Kier alpha value is -4.45. The molecule has 0 radical (unpaired) electrons. The van der Waals surface area contributed by atoms with E-state index in [1.54, 1.807) is 6.20 Å². The van der Waals surface area contributed by atoms with Crippen molar-refractivity contribution in [3.05, 3.63) is 120 Å². The number of rotatable bonds is 9. The first-order valence-electron chi connectivity index (χ1n) is 15.0. The van der Waals surface area contributed by atoms with E-state index in [0.717, 1.165) is 71.4 Å². The average molecular weight is 556 g/mol. The first-order chi connectivity index (χ1) is 20.6. The summed E-state index contributed by atoms with van der Waals surface area (Å²) in [6, 6.07) is 24.8. The minimum Gasteiger partial charge on any atom is -0.351 e. The third-order valence-corrected chi connectivity index (χ3v) is 8.56. The van der Waals surface area contributed by atoms with Gasteiger partial charge in [-0.05, 0) is 84.9 Å². The summed E-state index contributed by atoms with van der Waals surface area (Å²) in [5.74, 6) is 1.61. The van der Waals surface area contributed by atoms with E-state index in [1.807, 2.05) is 55.0 Å². The minimum atomic E-state index is -0.181. The van der Waals surface area contributed by atoms with Gasteiger partial charge >= 0.3 is 0 Å². The Morgan fingerprint density at radius 3 is 2.43 bits per heavy atom. The lowest BCUT2D eigenvalue weighted by Gasteiger charge is -2.33. The highest BCUT2D eigenvalue weighted by atomic mass is 16.1. The molecule has 42 heavy (non-hydrogen) atoms. The van der Waals surface area contributed by atoms with Crippen LogP contribution < -0.4 is 5.32 Å². The van der Waals surface area contributed by atoms with Crippen LogP contribution in [0.25, 0.3) is 16.8 Å². The molecule has 2 aromatic heterocycles. The number of hydrogen-bond acceptors (Lipinski definition) is 5. The monoisotopic (exact) mass is 555 g/mol. The number of allylic oxidation sites excluding steroid dienone is 1. The van der Waals surface area contributed by atoms with Gasteiger partial charge in [-0.3, -0.25) is 14.8 Å². The van der Waals surface area contributed by atoms with Crippen LogP contribution in [-0.2, 0) is 17.8 Å². The van der Waals surface area contributed by atoms with Crippen LogP contribution in [-0.4, -0.2) is 33.1 Å². The largest absolute Gasteiger partial charge is 0.351 e. The molecule has 1 amide bonds. The van der Waals surface area contributed by atoms with Gasteiger partial charge in [0.25, 0.3) is 0 Å². The standard InChI is InChI=1S/C36H37N5O/c1-25-20-32(24-39-25)28-13-15-30(16-14-28)35(36(42)40-22-27-6-3-2-4-7-27)29-11-9-26(10-12-29)21-34-38-19-17-33(41-34)31-8-5-18-37-23-31/h2-8,13-20,23-26,29,35H,9-12,21-22H2,1H3,(H,40,42)/t25?,26-,29-,35?. The van der Waals surface area contributed by atoms with Gasteiger partial charge in [0.2, 0.25) is 5.91 Å². The summed E-state index contributed by atoms with van der Waals surface area (Å²) in [6.45, 7) is 2.63. The number of carbonyl (C=O) groups excluding carboxylic acids is 1. The summed E-state index contributed by atoms with van der Waals surface area (Å²) in [4.78, 5) is 31.9. The molecule has 6 rings (SSSR count). The van der Waals surface area contributed by atoms with E-state index in [-0.39, 0.29) is 23.8 Å². The number of benzene rings is 2. The zero-order chi connectivity index (χ0) is 28.7. The van der Waals surface area contributed by atoms with Gasteiger partial charge in [0, 0.05) is 43.3 Å². The Morgan fingerprint density at radius 2 is 1.71 bits per heavy atom. The lowest BCUT2D eigenvalue weighted by atomic mass is 9.72. The van der Waals surface area contributed by atoms with Gasteiger partial charge in [0.1, 0.15) is 5.82 Å². The Labute approximate surface area is 248 Å². The van der Waals surface area contributed by atoms with Crippen molar-refractivity contribution in [1.29, 1.82) is 0 Å². The number of nitrogens with one attached hydrogen (secondary N) is 1. The van der Waals surface area contributed by atoms with E-state index < -0.39 is 0 Å². The summed E-state index contributed by atoms with van der Waals surface area (Å²) in [5, 5.41) is 3.25. The topological polar surface area (TPSA) is 80.1 Å². The van der Waals surface area contributed by atoms with Crippen LogP contribution in [0, 0.1) is 11.8 Å². The normalized spacial score (nSPS) is 20.6. The van der Waals surface area contributed by atoms with Crippen molar-refractivity contribution in [1.82, 2.24) is 20.3 Å². The van der Waals surface area contributed by atoms with Crippen LogP contribution in [0.5, 0.6) is 0 Å². The van der Waals surface area contributed by atoms with Crippen LogP contribution in [0.15, 0.2) is 102 Å². The van der Waals surface area contributed by atoms with Crippen molar-refractivity contribution in [3.63, 3.8) is 0 Å². The molecule has 1 fully saturated rings. The van der Waals surface area contributed by atoms with E-state index in [2.05, 4.69) is 69.7 Å². The molecule has 1 aliphatic carbocycles. The fourth-order valence-corrected chi connectivity index (χ4v) is 6.29. The van der Waals surface area contributed by atoms with Crippen LogP contribution in [0.4, 0.5) is 0 Å². The second-order valence-electron chi connectivity index (χ2n) is 11.5. The molecule has 2 aliphatic rings. The number of aromatic nitrogens is 3. The maximum Gasteiger partial charge on any atom is 0.228 e. The summed E-state index contributed by atoms with van der Waals surface area (Å²) in [7, 11) is 0. The van der Waals surface area contributed by atoms with Crippen molar-refractivity contribution >= 4 is 17.7 Å². The highest BCUT2D eigenvalue weighted by Crippen LogP contribution is 2.40. The molecule has 2 atom stereocenters. The quantitative estimate of drug-likeness (QED) is 0.245. The van der Waals surface area contributed by atoms with Gasteiger partial charge in [-0.25, -0.2) is 9.97 Å². The fraction of sp³-hybridized carbons (Fsp3) is 0.306. The van der Waals surface area contributed by atoms with Gasteiger partial charge in [-0.1, -0.05) is 60.7 Å².